The van der Waals surface area contributed by atoms with Gasteiger partial charge in [-0.05, 0) is 5.41 Å². The van der Waals surface area contributed by atoms with Crippen LogP contribution in [-0.4, -0.2) is 28.5 Å². The SMILES string of the molecule is CC(CNC(=O)C(C(=O)O)C(C)(C)C)c1nccs1. The molecule has 0 aliphatic heterocycles. The molecule has 0 fully saturated rings. The minimum absolute atomic E-state index is 0.0818. The van der Waals surface area contributed by atoms with Gasteiger partial charge >= 0.3 is 5.97 Å². The number of amides is 1. The number of nitrogens with one attached hydrogen (secondary N) is 1. The molecule has 2 unspecified atom stereocenters. The lowest BCUT2D eigenvalue weighted by molar-refractivity contribution is -0.151. The van der Waals surface area contributed by atoms with Gasteiger partial charge in [0, 0.05) is 24.0 Å². The van der Waals surface area contributed by atoms with Crippen molar-refractivity contribution in [2.24, 2.45) is 11.3 Å². The zero-order valence-electron chi connectivity index (χ0n) is 11.6. The molecule has 0 aliphatic carbocycles. The van der Waals surface area contributed by atoms with Gasteiger partial charge < -0.3 is 10.4 Å². The summed E-state index contributed by atoms with van der Waals surface area (Å²) >= 11 is 1.52. The highest BCUT2D eigenvalue weighted by Crippen LogP contribution is 2.26. The third-order valence-corrected chi connectivity index (χ3v) is 3.84. The molecule has 5 nitrogen and oxygen atoms in total. The van der Waals surface area contributed by atoms with E-state index in [4.69, 9.17) is 5.11 Å². The molecule has 6 heteroatoms. The molecule has 0 saturated carbocycles. The molecule has 0 radical (unpaired) electrons. The molecule has 0 aromatic carbocycles. The van der Waals surface area contributed by atoms with Crippen molar-refractivity contribution in [1.82, 2.24) is 10.3 Å². The molecule has 19 heavy (non-hydrogen) atoms. The van der Waals surface area contributed by atoms with Crippen LogP contribution in [0.1, 0.15) is 38.6 Å². The van der Waals surface area contributed by atoms with E-state index in [1.54, 1.807) is 27.0 Å². The van der Waals surface area contributed by atoms with Gasteiger partial charge in [0.1, 0.15) is 5.92 Å². The number of carbonyl (C=O) groups excluding carboxylic acids is 1. The zero-order valence-corrected chi connectivity index (χ0v) is 12.5. The molecule has 0 spiro atoms. The molecule has 2 atom stereocenters. The van der Waals surface area contributed by atoms with Gasteiger partial charge in [-0.3, -0.25) is 9.59 Å². The molecule has 1 amide bonds. The van der Waals surface area contributed by atoms with Crippen LogP contribution >= 0.6 is 11.3 Å². The first-order valence-electron chi connectivity index (χ1n) is 6.13. The maximum Gasteiger partial charge on any atom is 0.316 e. The number of carbonyl (C=O) groups is 2. The molecular formula is C13H20N2O3S. The van der Waals surface area contributed by atoms with E-state index in [1.807, 2.05) is 12.3 Å². The maximum absolute atomic E-state index is 12.0. The molecule has 1 aromatic heterocycles. The normalized spacial score (nSPS) is 14.7. The van der Waals surface area contributed by atoms with Gasteiger partial charge in [0.25, 0.3) is 0 Å². The first kappa shape index (κ1) is 15.6. The van der Waals surface area contributed by atoms with Gasteiger partial charge in [0.15, 0.2) is 0 Å². The van der Waals surface area contributed by atoms with E-state index in [1.165, 1.54) is 11.3 Å². The summed E-state index contributed by atoms with van der Waals surface area (Å²) < 4.78 is 0. The van der Waals surface area contributed by atoms with Crippen LogP contribution in [0.25, 0.3) is 0 Å². The number of rotatable bonds is 5. The van der Waals surface area contributed by atoms with E-state index in [0.29, 0.717) is 6.54 Å². The van der Waals surface area contributed by atoms with Crippen LogP contribution in [0, 0.1) is 11.3 Å². The van der Waals surface area contributed by atoms with Gasteiger partial charge in [-0.25, -0.2) is 4.98 Å². The monoisotopic (exact) mass is 284 g/mol. The highest BCUT2D eigenvalue weighted by Gasteiger charge is 2.37. The van der Waals surface area contributed by atoms with Crippen molar-refractivity contribution in [1.29, 1.82) is 0 Å². The highest BCUT2D eigenvalue weighted by atomic mass is 32.1. The average Bonchev–Trinajstić information content (AvgIpc) is 2.76. The van der Waals surface area contributed by atoms with Crippen molar-refractivity contribution < 1.29 is 14.7 Å². The fourth-order valence-corrected chi connectivity index (χ4v) is 2.50. The van der Waals surface area contributed by atoms with Gasteiger partial charge in [0.2, 0.25) is 5.91 Å². The summed E-state index contributed by atoms with van der Waals surface area (Å²) in [7, 11) is 0. The third-order valence-electron chi connectivity index (χ3n) is 2.83. The third kappa shape index (κ3) is 4.31. The number of carboxylic acids is 1. The Bertz CT molecular complexity index is 437. The smallest absolute Gasteiger partial charge is 0.316 e. The Morgan fingerprint density at radius 3 is 2.53 bits per heavy atom. The molecule has 1 heterocycles. The van der Waals surface area contributed by atoms with Gasteiger partial charge in [0.05, 0.1) is 5.01 Å². The fourth-order valence-electron chi connectivity index (χ4n) is 1.80. The molecule has 0 bridgehead atoms. The van der Waals surface area contributed by atoms with E-state index >= 15 is 0 Å². The van der Waals surface area contributed by atoms with Crippen LogP contribution in [-0.2, 0) is 9.59 Å². The van der Waals surface area contributed by atoms with Crippen molar-refractivity contribution in [3.63, 3.8) is 0 Å². The predicted molar refractivity (Wildman–Crippen MR) is 74.1 cm³/mol. The molecule has 0 aliphatic rings. The van der Waals surface area contributed by atoms with E-state index < -0.39 is 23.2 Å². The Balaban J connectivity index is 2.61. The highest BCUT2D eigenvalue weighted by molar-refractivity contribution is 7.09. The number of hydrogen-bond acceptors (Lipinski definition) is 4. The van der Waals surface area contributed by atoms with Crippen LogP contribution in [0.4, 0.5) is 0 Å². The van der Waals surface area contributed by atoms with Crippen molar-refractivity contribution >= 4 is 23.2 Å². The van der Waals surface area contributed by atoms with Gasteiger partial charge in [-0.2, -0.15) is 0 Å². The zero-order chi connectivity index (χ0) is 14.6. The summed E-state index contributed by atoms with van der Waals surface area (Å²) in [6.07, 6.45) is 1.72. The van der Waals surface area contributed by atoms with Crippen molar-refractivity contribution in [3.8, 4) is 0 Å². The van der Waals surface area contributed by atoms with Crippen molar-refractivity contribution in [2.75, 3.05) is 6.54 Å². The van der Waals surface area contributed by atoms with Gasteiger partial charge in [-0.15, -0.1) is 11.3 Å². The number of aromatic nitrogens is 1. The van der Waals surface area contributed by atoms with E-state index in [0.717, 1.165) is 5.01 Å². The minimum atomic E-state index is -1.09. The molecule has 0 saturated heterocycles. The van der Waals surface area contributed by atoms with Crippen LogP contribution in [0.5, 0.6) is 0 Å². The number of nitrogens with zero attached hydrogens (tertiary/aromatic N) is 1. The fraction of sp³-hybridized carbons (Fsp3) is 0.615. The Morgan fingerprint density at radius 2 is 2.11 bits per heavy atom. The lowest BCUT2D eigenvalue weighted by atomic mass is 9.80. The van der Waals surface area contributed by atoms with Crippen molar-refractivity contribution in [3.05, 3.63) is 16.6 Å². The Morgan fingerprint density at radius 1 is 1.47 bits per heavy atom. The second kappa shape index (κ2) is 6.14. The first-order chi connectivity index (χ1) is 8.73. The Kier molecular flexibility index (Phi) is 5.05. The summed E-state index contributed by atoms with van der Waals surface area (Å²) in [6.45, 7) is 7.58. The molecule has 106 valence electrons. The molecule has 1 rings (SSSR count). The van der Waals surface area contributed by atoms with Crippen LogP contribution in [0.2, 0.25) is 0 Å². The summed E-state index contributed by atoms with van der Waals surface area (Å²) in [5, 5.41) is 14.7. The number of hydrogen-bond donors (Lipinski definition) is 2. The van der Waals surface area contributed by atoms with E-state index in [-0.39, 0.29) is 5.92 Å². The summed E-state index contributed by atoms with van der Waals surface area (Å²) in [4.78, 5) is 27.4. The quantitative estimate of drug-likeness (QED) is 0.812. The largest absolute Gasteiger partial charge is 0.481 e. The first-order valence-corrected chi connectivity index (χ1v) is 7.01. The Hall–Kier alpha value is -1.43. The standard InChI is InChI=1S/C13H20N2O3S/c1-8(11-14-5-6-19-11)7-15-10(16)9(12(17)18)13(2,3)4/h5-6,8-9H,7H2,1-4H3,(H,15,16)(H,17,18). The minimum Gasteiger partial charge on any atom is -0.481 e. The summed E-state index contributed by atoms with van der Waals surface area (Å²) in [5.74, 6) is -2.50. The van der Waals surface area contributed by atoms with Gasteiger partial charge in [-0.1, -0.05) is 27.7 Å². The predicted octanol–water partition coefficient (Wildman–Crippen LogP) is 2.11. The molecular weight excluding hydrogens is 264 g/mol. The van der Waals surface area contributed by atoms with Crippen LogP contribution < -0.4 is 5.32 Å². The lowest BCUT2D eigenvalue weighted by Crippen LogP contribution is -2.43. The van der Waals surface area contributed by atoms with Crippen molar-refractivity contribution in [2.45, 2.75) is 33.6 Å². The number of aliphatic carboxylic acids is 1. The second-order valence-corrected chi connectivity index (χ2v) is 6.58. The summed E-state index contributed by atoms with van der Waals surface area (Å²) in [5.41, 5.74) is -0.611. The Labute approximate surface area is 117 Å². The molecule has 1 aromatic rings. The van der Waals surface area contributed by atoms with Crippen LogP contribution in [0.3, 0.4) is 0 Å². The van der Waals surface area contributed by atoms with Crippen LogP contribution in [0.15, 0.2) is 11.6 Å². The maximum atomic E-state index is 12.0. The number of thiazole rings is 1. The average molecular weight is 284 g/mol. The molecule has 2 N–H and O–H groups in total. The lowest BCUT2D eigenvalue weighted by Gasteiger charge is -2.26. The summed E-state index contributed by atoms with van der Waals surface area (Å²) in [6, 6.07) is 0. The number of carboxylic acid groups (broad SMARTS) is 1. The second-order valence-electron chi connectivity index (χ2n) is 5.65. The van der Waals surface area contributed by atoms with E-state index in [2.05, 4.69) is 10.3 Å². The van der Waals surface area contributed by atoms with E-state index in [9.17, 15) is 9.59 Å². The topological polar surface area (TPSA) is 79.3 Å².